The topological polar surface area (TPSA) is 12.9 Å². The molecule has 0 aliphatic heterocycles. The Morgan fingerprint density at radius 2 is 1.92 bits per heavy atom. The molecule has 1 rings (SSSR count). The van der Waals surface area contributed by atoms with Gasteiger partial charge in [-0.1, -0.05) is 20.8 Å². The molecule has 1 nitrogen and oxygen atoms in total. The maximum absolute atomic E-state index is 13.4. The van der Waals surface area contributed by atoms with E-state index < -0.39 is 0 Å². The lowest BCUT2D eigenvalue weighted by Crippen LogP contribution is -2.07. The molecule has 2 heteroatoms. The summed E-state index contributed by atoms with van der Waals surface area (Å²) >= 11 is 0. The monoisotopic (exact) mass is 181 g/mol. The van der Waals surface area contributed by atoms with Crippen LogP contribution in [0.15, 0.2) is 12.3 Å². The Morgan fingerprint density at radius 3 is 2.38 bits per heavy atom. The number of aromatic nitrogens is 1. The first-order valence-corrected chi connectivity index (χ1v) is 4.64. The minimum Gasteiger partial charge on any atom is -0.258 e. The Balaban J connectivity index is 3.01. The molecular weight excluding hydrogens is 165 g/mol. The molecule has 13 heavy (non-hydrogen) atoms. The van der Waals surface area contributed by atoms with E-state index in [9.17, 15) is 4.39 Å². The number of nitrogens with zero attached hydrogens (tertiary/aromatic N) is 1. The summed E-state index contributed by atoms with van der Waals surface area (Å²) in [5, 5.41) is 0. The number of aryl methyl sites for hydroxylation is 1. The molecular formula is C11H16FN. The van der Waals surface area contributed by atoms with Crippen molar-refractivity contribution in [1.29, 1.82) is 0 Å². The summed E-state index contributed by atoms with van der Waals surface area (Å²) in [6, 6.07) is 1.54. The van der Waals surface area contributed by atoms with Gasteiger partial charge in [-0.05, 0) is 24.5 Å². The first-order chi connectivity index (χ1) is 6.02. The highest BCUT2D eigenvalue weighted by atomic mass is 19.1. The van der Waals surface area contributed by atoms with Gasteiger partial charge < -0.3 is 0 Å². The van der Waals surface area contributed by atoms with Crippen LogP contribution in [0, 0.1) is 18.7 Å². The van der Waals surface area contributed by atoms with Gasteiger partial charge in [0.15, 0.2) is 0 Å². The molecule has 1 unspecified atom stereocenters. The number of pyridine rings is 1. The van der Waals surface area contributed by atoms with Crippen LogP contribution in [0.5, 0.6) is 0 Å². The van der Waals surface area contributed by atoms with Crippen molar-refractivity contribution in [2.75, 3.05) is 0 Å². The molecule has 0 radical (unpaired) electrons. The van der Waals surface area contributed by atoms with Crippen molar-refractivity contribution in [3.8, 4) is 0 Å². The molecule has 1 atom stereocenters. The van der Waals surface area contributed by atoms with E-state index in [1.165, 1.54) is 0 Å². The molecule has 0 N–H and O–H groups in total. The van der Waals surface area contributed by atoms with Crippen molar-refractivity contribution in [2.45, 2.75) is 33.6 Å². The summed E-state index contributed by atoms with van der Waals surface area (Å²) in [6.07, 6.45) is 1.72. The van der Waals surface area contributed by atoms with E-state index in [0.717, 1.165) is 5.56 Å². The Morgan fingerprint density at radius 1 is 1.31 bits per heavy atom. The third-order valence-corrected chi connectivity index (χ3v) is 2.44. The highest BCUT2D eigenvalue weighted by molar-refractivity contribution is 5.17. The first kappa shape index (κ1) is 10.2. The van der Waals surface area contributed by atoms with Gasteiger partial charge in [0.25, 0.3) is 0 Å². The summed E-state index contributed by atoms with van der Waals surface area (Å²) in [5.41, 5.74) is 1.46. The second-order valence-corrected chi connectivity index (χ2v) is 3.91. The minimum absolute atomic E-state index is 0.179. The SMILES string of the molecule is Cc1cnc(C(C)C(C)C)c(F)c1. The van der Waals surface area contributed by atoms with Gasteiger partial charge in [-0.2, -0.15) is 0 Å². The summed E-state index contributed by atoms with van der Waals surface area (Å²) in [5.74, 6) is 0.423. The van der Waals surface area contributed by atoms with Crippen molar-refractivity contribution in [3.05, 3.63) is 29.3 Å². The number of rotatable bonds is 2. The standard InChI is InChI=1S/C11H16FN/c1-7(2)9(4)11-10(12)5-8(3)6-13-11/h5-7,9H,1-4H3. The van der Waals surface area contributed by atoms with Crippen molar-refractivity contribution in [3.63, 3.8) is 0 Å². The van der Waals surface area contributed by atoms with Gasteiger partial charge in [0, 0.05) is 12.1 Å². The fourth-order valence-corrected chi connectivity index (χ4v) is 1.19. The van der Waals surface area contributed by atoms with Gasteiger partial charge in [0.05, 0.1) is 5.69 Å². The number of hydrogen-bond acceptors (Lipinski definition) is 1. The van der Waals surface area contributed by atoms with Crippen LogP contribution in [0.25, 0.3) is 0 Å². The Labute approximate surface area is 79.0 Å². The van der Waals surface area contributed by atoms with Crippen LogP contribution in [0.3, 0.4) is 0 Å². The Kier molecular flexibility index (Phi) is 3.02. The van der Waals surface area contributed by atoms with E-state index >= 15 is 0 Å². The summed E-state index contributed by atoms with van der Waals surface area (Å²) in [7, 11) is 0. The third kappa shape index (κ3) is 2.27. The van der Waals surface area contributed by atoms with Gasteiger partial charge in [-0.3, -0.25) is 4.98 Å². The molecule has 0 aliphatic rings. The first-order valence-electron chi connectivity index (χ1n) is 4.64. The van der Waals surface area contributed by atoms with Gasteiger partial charge in [0.1, 0.15) is 5.82 Å². The van der Waals surface area contributed by atoms with Gasteiger partial charge in [0.2, 0.25) is 0 Å². The van der Waals surface area contributed by atoms with Gasteiger partial charge in [-0.15, -0.1) is 0 Å². The molecule has 0 saturated heterocycles. The Bertz CT molecular complexity index is 294. The van der Waals surface area contributed by atoms with E-state index in [2.05, 4.69) is 18.8 Å². The van der Waals surface area contributed by atoms with Crippen LogP contribution >= 0.6 is 0 Å². The Hall–Kier alpha value is -0.920. The van der Waals surface area contributed by atoms with Crippen LogP contribution in [-0.4, -0.2) is 4.98 Å². The zero-order valence-electron chi connectivity index (χ0n) is 8.63. The predicted octanol–water partition coefficient (Wildman–Crippen LogP) is 3.29. The quantitative estimate of drug-likeness (QED) is 0.682. The molecule has 72 valence electrons. The van der Waals surface area contributed by atoms with E-state index in [0.29, 0.717) is 11.6 Å². The molecule has 1 aromatic rings. The largest absolute Gasteiger partial charge is 0.258 e. The lowest BCUT2D eigenvalue weighted by molar-refractivity contribution is 0.487. The molecule has 0 aromatic carbocycles. The number of hydrogen-bond donors (Lipinski definition) is 0. The fraction of sp³-hybridized carbons (Fsp3) is 0.545. The summed E-state index contributed by atoms with van der Waals surface area (Å²) < 4.78 is 13.4. The van der Waals surface area contributed by atoms with E-state index in [4.69, 9.17) is 0 Å². The third-order valence-electron chi connectivity index (χ3n) is 2.44. The normalized spacial score (nSPS) is 13.4. The van der Waals surface area contributed by atoms with E-state index in [1.807, 2.05) is 13.8 Å². The average Bonchev–Trinajstić information content (AvgIpc) is 2.03. The van der Waals surface area contributed by atoms with Crippen molar-refractivity contribution in [2.24, 2.45) is 5.92 Å². The molecule has 0 fully saturated rings. The van der Waals surface area contributed by atoms with Crippen molar-refractivity contribution >= 4 is 0 Å². The maximum atomic E-state index is 13.4. The molecule has 0 amide bonds. The molecule has 0 saturated carbocycles. The minimum atomic E-state index is -0.179. The highest BCUT2D eigenvalue weighted by Crippen LogP contribution is 2.24. The van der Waals surface area contributed by atoms with Crippen LogP contribution in [0.1, 0.15) is 37.9 Å². The van der Waals surface area contributed by atoms with E-state index in [1.54, 1.807) is 12.3 Å². The van der Waals surface area contributed by atoms with Gasteiger partial charge in [-0.25, -0.2) is 4.39 Å². The van der Waals surface area contributed by atoms with E-state index in [-0.39, 0.29) is 11.7 Å². The lowest BCUT2D eigenvalue weighted by atomic mass is 9.94. The predicted molar refractivity (Wildman–Crippen MR) is 52.2 cm³/mol. The fourth-order valence-electron chi connectivity index (χ4n) is 1.19. The maximum Gasteiger partial charge on any atom is 0.145 e. The smallest absolute Gasteiger partial charge is 0.145 e. The van der Waals surface area contributed by atoms with Crippen molar-refractivity contribution in [1.82, 2.24) is 4.98 Å². The van der Waals surface area contributed by atoms with Crippen LogP contribution in [-0.2, 0) is 0 Å². The molecule has 1 aromatic heterocycles. The second-order valence-electron chi connectivity index (χ2n) is 3.91. The van der Waals surface area contributed by atoms with Crippen molar-refractivity contribution < 1.29 is 4.39 Å². The van der Waals surface area contributed by atoms with Gasteiger partial charge >= 0.3 is 0 Å². The second kappa shape index (κ2) is 3.86. The van der Waals surface area contributed by atoms with Crippen LogP contribution < -0.4 is 0 Å². The zero-order valence-corrected chi connectivity index (χ0v) is 8.63. The molecule has 0 aliphatic carbocycles. The molecule has 1 heterocycles. The zero-order chi connectivity index (χ0) is 10.0. The van der Waals surface area contributed by atoms with Crippen LogP contribution in [0.2, 0.25) is 0 Å². The molecule has 0 bridgehead atoms. The average molecular weight is 181 g/mol. The number of halogens is 1. The lowest BCUT2D eigenvalue weighted by Gasteiger charge is -2.15. The summed E-state index contributed by atoms with van der Waals surface area (Å²) in [4.78, 5) is 4.12. The van der Waals surface area contributed by atoms with Crippen LogP contribution in [0.4, 0.5) is 4.39 Å². The highest BCUT2D eigenvalue weighted by Gasteiger charge is 2.15. The molecule has 0 spiro atoms. The summed E-state index contributed by atoms with van der Waals surface area (Å²) in [6.45, 7) is 8.00.